The lowest BCUT2D eigenvalue weighted by Gasteiger charge is -2.33. The highest BCUT2D eigenvalue weighted by Crippen LogP contribution is 2.26. The summed E-state index contributed by atoms with van der Waals surface area (Å²) in [6.07, 6.45) is -0.228. The fraction of sp³-hybridized carbons (Fsp3) is 0.562. The minimum atomic E-state index is -0.493. The summed E-state index contributed by atoms with van der Waals surface area (Å²) in [6, 6.07) is 4.55. The maximum atomic E-state index is 13.2. The highest BCUT2D eigenvalue weighted by atomic mass is 35.5. The Kier molecular flexibility index (Phi) is 5.42. The first-order chi connectivity index (χ1) is 10.2. The molecule has 1 heterocycles. The van der Waals surface area contributed by atoms with Crippen LogP contribution in [0.5, 0.6) is 0 Å². The summed E-state index contributed by atoms with van der Waals surface area (Å²) in [5.41, 5.74) is 0.313. The second-order valence-corrected chi connectivity index (χ2v) is 6.76. The molecule has 1 aliphatic heterocycles. The van der Waals surface area contributed by atoms with Gasteiger partial charge < -0.3 is 9.47 Å². The normalized spacial score (nSPS) is 20.0. The Balaban J connectivity index is 1.96. The number of nitrogens with zero attached hydrogens (tertiary/aromatic N) is 1. The molecule has 1 saturated heterocycles. The third kappa shape index (κ3) is 4.93. The van der Waals surface area contributed by atoms with E-state index in [4.69, 9.17) is 21.1 Å². The van der Waals surface area contributed by atoms with E-state index in [1.54, 1.807) is 12.1 Å². The van der Waals surface area contributed by atoms with E-state index in [9.17, 15) is 9.18 Å². The number of ether oxygens (including phenoxy) is 2. The fourth-order valence-corrected chi connectivity index (χ4v) is 2.51. The molecule has 1 aromatic rings. The van der Waals surface area contributed by atoms with Gasteiger partial charge in [0, 0.05) is 13.1 Å². The summed E-state index contributed by atoms with van der Waals surface area (Å²) in [7, 11) is 0. The van der Waals surface area contributed by atoms with Crippen molar-refractivity contribution in [3.05, 3.63) is 34.6 Å². The second kappa shape index (κ2) is 6.94. The molecule has 22 heavy (non-hydrogen) atoms. The molecule has 0 N–H and O–H groups in total. The lowest BCUT2D eigenvalue weighted by Crippen LogP contribution is -2.42. The number of morpholine rings is 1. The van der Waals surface area contributed by atoms with Crippen LogP contribution in [0.1, 0.15) is 32.4 Å². The van der Waals surface area contributed by atoms with Crippen molar-refractivity contribution in [3.8, 4) is 0 Å². The van der Waals surface area contributed by atoms with Crippen molar-refractivity contribution in [1.82, 2.24) is 4.90 Å². The van der Waals surface area contributed by atoms with Crippen LogP contribution in [0.25, 0.3) is 0 Å². The van der Waals surface area contributed by atoms with E-state index in [1.165, 1.54) is 6.07 Å². The van der Waals surface area contributed by atoms with Crippen LogP contribution in [0.15, 0.2) is 18.2 Å². The summed E-state index contributed by atoms with van der Waals surface area (Å²) in [5.74, 6) is -0.711. The molecule has 1 aliphatic rings. The molecule has 4 nitrogen and oxygen atoms in total. The third-order valence-corrected chi connectivity index (χ3v) is 3.53. The summed E-state index contributed by atoms with van der Waals surface area (Å²) >= 11 is 5.81. The van der Waals surface area contributed by atoms with E-state index in [0.29, 0.717) is 19.7 Å². The zero-order chi connectivity index (χ0) is 16.3. The standard InChI is InChI=1S/C16H21ClFNO3/c1-16(2,3)22-15(20)10-19-6-7-21-14(9-19)11-4-5-13(18)12(17)8-11/h4-5,8,14H,6-7,9-10H2,1-3H3. The van der Waals surface area contributed by atoms with Crippen molar-refractivity contribution in [2.75, 3.05) is 26.2 Å². The van der Waals surface area contributed by atoms with Crippen LogP contribution >= 0.6 is 11.6 Å². The zero-order valence-electron chi connectivity index (χ0n) is 13.1. The van der Waals surface area contributed by atoms with Crippen molar-refractivity contribution in [1.29, 1.82) is 0 Å². The van der Waals surface area contributed by atoms with Crippen LogP contribution in [-0.2, 0) is 14.3 Å². The van der Waals surface area contributed by atoms with Gasteiger partial charge in [0.05, 0.1) is 24.3 Å². The summed E-state index contributed by atoms with van der Waals surface area (Å²) < 4.78 is 24.2. The predicted molar refractivity (Wildman–Crippen MR) is 82.4 cm³/mol. The first-order valence-electron chi connectivity index (χ1n) is 7.25. The lowest BCUT2D eigenvalue weighted by atomic mass is 10.1. The van der Waals surface area contributed by atoms with Crippen LogP contribution in [0.3, 0.4) is 0 Å². The number of hydrogen-bond acceptors (Lipinski definition) is 4. The van der Waals surface area contributed by atoms with Crippen molar-refractivity contribution in [3.63, 3.8) is 0 Å². The van der Waals surface area contributed by atoms with Crippen molar-refractivity contribution < 1.29 is 18.7 Å². The zero-order valence-corrected chi connectivity index (χ0v) is 13.8. The molecule has 1 unspecified atom stereocenters. The first kappa shape index (κ1) is 17.2. The Morgan fingerprint density at radius 1 is 1.50 bits per heavy atom. The van der Waals surface area contributed by atoms with Crippen LogP contribution in [0, 0.1) is 5.82 Å². The Bertz CT molecular complexity index is 545. The van der Waals surface area contributed by atoms with E-state index in [1.807, 2.05) is 25.7 Å². The second-order valence-electron chi connectivity index (χ2n) is 6.35. The lowest BCUT2D eigenvalue weighted by molar-refractivity contribution is -0.158. The quantitative estimate of drug-likeness (QED) is 0.798. The number of halogens is 2. The maximum Gasteiger partial charge on any atom is 0.320 e. The number of hydrogen-bond donors (Lipinski definition) is 0. The van der Waals surface area contributed by atoms with Gasteiger partial charge in [0.2, 0.25) is 0 Å². The molecule has 0 saturated carbocycles. The molecule has 0 aliphatic carbocycles. The molecule has 1 fully saturated rings. The van der Waals surface area contributed by atoms with Gasteiger partial charge in [-0.3, -0.25) is 9.69 Å². The number of carbonyl (C=O) groups excluding carboxylic acids is 1. The molecular formula is C16H21ClFNO3. The van der Waals surface area contributed by atoms with Gasteiger partial charge >= 0.3 is 5.97 Å². The van der Waals surface area contributed by atoms with Gasteiger partial charge in [-0.2, -0.15) is 0 Å². The van der Waals surface area contributed by atoms with Crippen LogP contribution in [0.4, 0.5) is 4.39 Å². The van der Waals surface area contributed by atoms with Gasteiger partial charge in [0.25, 0.3) is 0 Å². The highest BCUT2D eigenvalue weighted by molar-refractivity contribution is 6.30. The molecule has 0 amide bonds. The summed E-state index contributed by atoms with van der Waals surface area (Å²) in [6.45, 7) is 7.44. The van der Waals surface area contributed by atoms with Gasteiger partial charge in [0.1, 0.15) is 11.4 Å². The monoisotopic (exact) mass is 329 g/mol. The van der Waals surface area contributed by atoms with Crippen LogP contribution in [0.2, 0.25) is 5.02 Å². The summed E-state index contributed by atoms with van der Waals surface area (Å²) in [4.78, 5) is 13.9. The van der Waals surface area contributed by atoms with Gasteiger partial charge in [-0.1, -0.05) is 17.7 Å². The minimum absolute atomic E-state index is 0.0744. The smallest absolute Gasteiger partial charge is 0.320 e. The average molecular weight is 330 g/mol. The van der Waals surface area contributed by atoms with Crippen molar-refractivity contribution >= 4 is 17.6 Å². The molecule has 0 spiro atoms. The minimum Gasteiger partial charge on any atom is -0.459 e. The molecule has 6 heteroatoms. The van der Waals surface area contributed by atoms with E-state index in [0.717, 1.165) is 5.56 Å². The number of rotatable bonds is 3. The Morgan fingerprint density at radius 2 is 2.23 bits per heavy atom. The number of carbonyl (C=O) groups is 1. The molecular weight excluding hydrogens is 309 g/mol. The van der Waals surface area contributed by atoms with Crippen molar-refractivity contribution in [2.45, 2.75) is 32.5 Å². The Labute approximate surface area is 135 Å². The molecule has 0 aromatic heterocycles. The van der Waals surface area contributed by atoms with Gasteiger partial charge in [-0.05, 0) is 38.5 Å². The largest absolute Gasteiger partial charge is 0.459 e. The number of esters is 1. The fourth-order valence-electron chi connectivity index (χ4n) is 2.32. The predicted octanol–water partition coefficient (Wildman–Crippen LogP) is 3.19. The topological polar surface area (TPSA) is 38.8 Å². The van der Waals surface area contributed by atoms with E-state index < -0.39 is 11.4 Å². The average Bonchev–Trinajstić information content (AvgIpc) is 2.40. The highest BCUT2D eigenvalue weighted by Gasteiger charge is 2.26. The van der Waals surface area contributed by atoms with Crippen LogP contribution in [-0.4, -0.2) is 42.7 Å². The molecule has 0 radical (unpaired) electrons. The van der Waals surface area contributed by atoms with Gasteiger partial charge in [0.15, 0.2) is 0 Å². The van der Waals surface area contributed by atoms with E-state index in [2.05, 4.69) is 0 Å². The van der Waals surface area contributed by atoms with E-state index >= 15 is 0 Å². The first-order valence-corrected chi connectivity index (χ1v) is 7.63. The number of benzene rings is 1. The third-order valence-electron chi connectivity index (χ3n) is 3.24. The van der Waals surface area contributed by atoms with Gasteiger partial charge in [-0.25, -0.2) is 4.39 Å². The van der Waals surface area contributed by atoms with Crippen LogP contribution < -0.4 is 0 Å². The Morgan fingerprint density at radius 3 is 2.86 bits per heavy atom. The molecule has 0 bridgehead atoms. The molecule has 2 rings (SSSR count). The Hall–Kier alpha value is -1.17. The maximum absolute atomic E-state index is 13.2. The van der Waals surface area contributed by atoms with Crippen molar-refractivity contribution in [2.24, 2.45) is 0 Å². The SMILES string of the molecule is CC(C)(C)OC(=O)CN1CCOC(c2ccc(F)c(Cl)c2)C1. The summed E-state index contributed by atoms with van der Waals surface area (Å²) in [5, 5.41) is 0.0744. The molecule has 1 aromatic carbocycles. The molecule has 122 valence electrons. The molecule has 1 atom stereocenters. The van der Waals surface area contributed by atoms with Gasteiger partial charge in [-0.15, -0.1) is 0 Å². The van der Waals surface area contributed by atoms with E-state index in [-0.39, 0.29) is 23.6 Å².